The van der Waals surface area contributed by atoms with E-state index in [2.05, 4.69) is 21.7 Å². The lowest BCUT2D eigenvalue weighted by atomic mass is 10.2. The number of hydrogen-bond acceptors (Lipinski definition) is 4. The monoisotopic (exact) mass is 318 g/mol. The Morgan fingerprint density at radius 2 is 2.19 bits per heavy atom. The van der Waals surface area contributed by atoms with Crippen molar-refractivity contribution >= 4 is 44.5 Å². The molecule has 3 aromatic rings. The van der Waals surface area contributed by atoms with E-state index in [-0.39, 0.29) is 0 Å². The number of nitrogens with zero attached hydrogens (tertiary/aromatic N) is 1. The third kappa shape index (κ3) is 2.96. The normalized spacial score (nSPS) is 10.8. The average Bonchev–Trinajstić information content (AvgIpc) is 2.98. The molecule has 0 fully saturated rings. The summed E-state index contributed by atoms with van der Waals surface area (Å²) in [6, 6.07) is 10.0. The van der Waals surface area contributed by atoms with Gasteiger partial charge in [-0.2, -0.15) is 0 Å². The van der Waals surface area contributed by atoms with Crippen LogP contribution < -0.4 is 10.1 Å². The predicted octanol–water partition coefficient (Wildman–Crippen LogP) is 5.18. The van der Waals surface area contributed by atoms with Crippen LogP contribution in [-0.4, -0.2) is 11.6 Å². The molecular formula is C16H15ClN2OS. The van der Waals surface area contributed by atoms with E-state index in [4.69, 9.17) is 16.3 Å². The Morgan fingerprint density at radius 1 is 1.29 bits per heavy atom. The van der Waals surface area contributed by atoms with Gasteiger partial charge in [0.05, 0.1) is 12.5 Å². The second-order valence-corrected chi connectivity index (χ2v) is 5.72. The number of halogens is 1. The number of anilines is 2. The maximum absolute atomic E-state index is 6.00. The minimum Gasteiger partial charge on any atom is -0.494 e. The van der Waals surface area contributed by atoms with E-state index in [1.54, 1.807) is 11.3 Å². The Kier molecular flexibility index (Phi) is 4.27. The number of pyridine rings is 1. The standard InChI is InChI=1S/C16H15ClN2OS/c1-2-20-14-4-3-12(9-11(14)10-17)19-16-13-6-8-21-15(13)5-7-18-16/h3-9H,2,10H2,1H3,(H,18,19). The van der Waals surface area contributed by atoms with Crippen LogP contribution in [0.2, 0.25) is 0 Å². The number of alkyl halides is 1. The summed E-state index contributed by atoms with van der Waals surface area (Å²) in [5.74, 6) is 2.11. The van der Waals surface area contributed by atoms with Crippen LogP contribution in [-0.2, 0) is 5.88 Å². The van der Waals surface area contributed by atoms with Crippen LogP contribution in [0.15, 0.2) is 41.9 Å². The maximum atomic E-state index is 6.00. The van der Waals surface area contributed by atoms with E-state index in [9.17, 15) is 0 Å². The van der Waals surface area contributed by atoms with Gasteiger partial charge in [-0.15, -0.1) is 22.9 Å². The highest BCUT2D eigenvalue weighted by Crippen LogP contribution is 2.30. The van der Waals surface area contributed by atoms with Crippen molar-refractivity contribution < 1.29 is 4.74 Å². The number of ether oxygens (including phenoxy) is 1. The van der Waals surface area contributed by atoms with Gasteiger partial charge in [0.15, 0.2) is 0 Å². The van der Waals surface area contributed by atoms with Gasteiger partial charge in [-0.3, -0.25) is 0 Å². The zero-order valence-corrected chi connectivity index (χ0v) is 13.2. The van der Waals surface area contributed by atoms with Crippen molar-refractivity contribution in [3.8, 4) is 5.75 Å². The molecule has 0 aliphatic carbocycles. The third-order valence-corrected chi connectivity index (χ3v) is 4.32. The lowest BCUT2D eigenvalue weighted by Crippen LogP contribution is -1.98. The minimum atomic E-state index is 0.418. The van der Waals surface area contributed by atoms with Crippen LogP contribution in [0.25, 0.3) is 10.1 Å². The largest absolute Gasteiger partial charge is 0.494 e. The van der Waals surface area contributed by atoms with Crippen LogP contribution in [0.1, 0.15) is 12.5 Å². The molecule has 2 aromatic heterocycles. The van der Waals surface area contributed by atoms with Crippen molar-refractivity contribution in [2.24, 2.45) is 0 Å². The van der Waals surface area contributed by atoms with Gasteiger partial charge in [0.1, 0.15) is 11.6 Å². The fraction of sp³-hybridized carbons (Fsp3) is 0.188. The summed E-state index contributed by atoms with van der Waals surface area (Å²) in [5.41, 5.74) is 1.93. The number of aromatic nitrogens is 1. The van der Waals surface area contributed by atoms with Crippen LogP contribution in [0.3, 0.4) is 0 Å². The molecule has 3 rings (SSSR count). The highest BCUT2D eigenvalue weighted by atomic mass is 35.5. The Balaban J connectivity index is 1.92. The summed E-state index contributed by atoms with van der Waals surface area (Å²) in [6.07, 6.45) is 1.82. The molecule has 108 valence electrons. The van der Waals surface area contributed by atoms with E-state index in [1.807, 2.05) is 37.4 Å². The molecule has 0 aliphatic rings. The Bertz CT molecular complexity index is 757. The van der Waals surface area contributed by atoms with Crippen molar-refractivity contribution in [1.82, 2.24) is 4.98 Å². The molecule has 5 heteroatoms. The van der Waals surface area contributed by atoms with Crippen molar-refractivity contribution in [2.75, 3.05) is 11.9 Å². The van der Waals surface area contributed by atoms with E-state index >= 15 is 0 Å². The number of thiophene rings is 1. The van der Waals surface area contributed by atoms with E-state index in [0.717, 1.165) is 28.2 Å². The summed E-state index contributed by atoms with van der Waals surface area (Å²) in [4.78, 5) is 4.42. The summed E-state index contributed by atoms with van der Waals surface area (Å²) in [7, 11) is 0. The van der Waals surface area contributed by atoms with Crippen molar-refractivity contribution in [3.05, 3.63) is 47.5 Å². The Labute approximate surface area is 132 Å². The van der Waals surface area contributed by atoms with Crippen molar-refractivity contribution in [1.29, 1.82) is 0 Å². The number of nitrogens with one attached hydrogen (secondary N) is 1. The van der Waals surface area contributed by atoms with Crippen molar-refractivity contribution in [3.63, 3.8) is 0 Å². The molecule has 0 spiro atoms. The van der Waals surface area contributed by atoms with Gasteiger partial charge in [0, 0.05) is 27.5 Å². The molecule has 3 nitrogen and oxygen atoms in total. The Hall–Kier alpha value is -1.78. The van der Waals surface area contributed by atoms with Gasteiger partial charge >= 0.3 is 0 Å². The number of hydrogen-bond donors (Lipinski definition) is 1. The fourth-order valence-corrected chi connectivity index (χ4v) is 3.18. The summed E-state index contributed by atoms with van der Waals surface area (Å²) in [6.45, 7) is 2.60. The fourth-order valence-electron chi connectivity index (χ4n) is 2.19. The quantitative estimate of drug-likeness (QED) is 0.658. The molecule has 0 unspecified atom stereocenters. The topological polar surface area (TPSA) is 34.1 Å². The first kappa shape index (κ1) is 14.2. The second-order valence-electron chi connectivity index (χ2n) is 4.51. The predicted molar refractivity (Wildman–Crippen MR) is 90.1 cm³/mol. The van der Waals surface area contributed by atoms with Gasteiger partial charge in [-0.1, -0.05) is 0 Å². The molecule has 2 heterocycles. The third-order valence-electron chi connectivity index (χ3n) is 3.15. The first-order valence-electron chi connectivity index (χ1n) is 6.72. The molecule has 0 aliphatic heterocycles. The molecule has 21 heavy (non-hydrogen) atoms. The van der Waals surface area contributed by atoms with Gasteiger partial charge < -0.3 is 10.1 Å². The number of fused-ring (bicyclic) bond motifs is 1. The Morgan fingerprint density at radius 3 is 3.00 bits per heavy atom. The number of benzene rings is 1. The van der Waals surface area contributed by atoms with Gasteiger partial charge in [-0.05, 0) is 42.6 Å². The second kappa shape index (κ2) is 6.33. The molecule has 0 amide bonds. The molecule has 1 aromatic carbocycles. The number of rotatable bonds is 5. The van der Waals surface area contributed by atoms with E-state index < -0.39 is 0 Å². The zero-order valence-electron chi connectivity index (χ0n) is 11.6. The summed E-state index contributed by atoms with van der Waals surface area (Å²) < 4.78 is 6.78. The van der Waals surface area contributed by atoms with Crippen LogP contribution >= 0.6 is 22.9 Å². The SMILES string of the molecule is CCOc1ccc(Nc2nccc3sccc23)cc1CCl. The lowest BCUT2D eigenvalue weighted by molar-refractivity contribution is 0.337. The summed E-state index contributed by atoms with van der Waals surface area (Å²) in [5, 5.41) is 6.56. The van der Waals surface area contributed by atoms with Crippen LogP contribution in [0.4, 0.5) is 11.5 Å². The highest BCUT2D eigenvalue weighted by Gasteiger charge is 2.07. The molecule has 1 N–H and O–H groups in total. The van der Waals surface area contributed by atoms with Gasteiger partial charge in [0.2, 0.25) is 0 Å². The van der Waals surface area contributed by atoms with E-state index in [0.29, 0.717) is 12.5 Å². The smallest absolute Gasteiger partial charge is 0.139 e. The molecular weight excluding hydrogens is 304 g/mol. The van der Waals surface area contributed by atoms with Gasteiger partial charge in [0.25, 0.3) is 0 Å². The molecule has 0 radical (unpaired) electrons. The van der Waals surface area contributed by atoms with Crippen LogP contribution in [0, 0.1) is 0 Å². The molecule has 0 atom stereocenters. The first-order chi connectivity index (χ1) is 10.3. The molecule has 0 bridgehead atoms. The lowest BCUT2D eigenvalue weighted by Gasteiger charge is -2.12. The summed E-state index contributed by atoms with van der Waals surface area (Å²) >= 11 is 7.71. The van der Waals surface area contributed by atoms with Crippen molar-refractivity contribution in [2.45, 2.75) is 12.8 Å². The minimum absolute atomic E-state index is 0.418. The maximum Gasteiger partial charge on any atom is 0.139 e. The first-order valence-corrected chi connectivity index (χ1v) is 8.14. The zero-order chi connectivity index (χ0) is 14.7. The molecule has 0 saturated heterocycles. The molecule has 0 saturated carbocycles. The van der Waals surface area contributed by atoms with Gasteiger partial charge in [-0.25, -0.2) is 4.98 Å². The van der Waals surface area contributed by atoms with E-state index in [1.165, 1.54) is 4.70 Å². The average molecular weight is 319 g/mol. The van der Waals surface area contributed by atoms with Crippen LogP contribution in [0.5, 0.6) is 5.75 Å². The highest BCUT2D eigenvalue weighted by molar-refractivity contribution is 7.17.